The molecule has 1 saturated carbocycles. The van der Waals surface area contributed by atoms with E-state index in [0.717, 1.165) is 25.7 Å². The molecule has 1 heterocycles. The minimum Gasteiger partial charge on any atom is -0.494 e. The van der Waals surface area contributed by atoms with Gasteiger partial charge in [0.05, 0.1) is 18.6 Å². The van der Waals surface area contributed by atoms with Crippen molar-refractivity contribution < 1.29 is 22.7 Å². The minimum atomic E-state index is -3.47. The van der Waals surface area contributed by atoms with Crippen LogP contribution in [0.15, 0.2) is 48.5 Å². The molecule has 182 valence electrons. The Hall–Kier alpha value is -3.07. The van der Waals surface area contributed by atoms with Gasteiger partial charge in [0.15, 0.2) is 0 Å². The third-order valence-electron chi connectivity index (χ3n) is 6.76. The first-order chi connectivity index (χ1) is 16.3. The van der Waals surface area contributed by atoms with Crippen LogP contribution < -0.4 is 14.8 Å². The predicted molar refractivity (Wildman–Crippen MR) is 131 cm³/mol. The maximum atomic E-state index is 13.4. The van der Waals surface area contributed by atoms with Crippen LogP contribution in [-0.2, 0) is 14.8 Å². The Balaban J connectivity index is 1.56. The molecule has 0 bridgehead atoms. The normalized spacial score (nSPS) is 22.1. The first-order valence-electron chi connectivity index (χ1n) is 11.7. The summed E-state index contributed by atoms with van der Waals surface area (Å²) in [7, 11) is -2.03. The predicted octanol–water partition coefficient (Wildman–Crippen LogP) is 3.87. The standard InChI is InChI=1S/C25H31N3O5S/c1-3-34(31,32)27-20-14-13-19(16-23(20)33-2)26-24(29)22-15-18-11-7-8-12-21(18)28(22)25(30)17-9-5-4-6-10-17/h4-6,9-10,13-14,16,18,21-22,27H,3,7-8,11-12,15H2,1-2H3,(H,26,29). The Morgan fingerprint density at radius 3 is 2.53 bits per heavy atom. The molecule has 3 unspecified atom stereocenters. The van der Waals surface area contributed by atoms with Gasteiger partial charge in [0.2, 0.25) is 15.9 Å². The Kier molecular flexibility index (Phi) is 7.11. The number of nitrogens with zero attached hydrogens (tertiary/aromatic N) is 1. The second kappa shape index (κ2) is 10.0. The van der Waals surface area contributed by atoms with E-state index in [1.807, 2.05) is 18.2 Å². The van der Waals surface area contributed by atoms with Crippen molar-refractivity contribution in [2.24, 2.45) is 5.92 Å². The van der Waals surface area contributed by atoms with E-state index in [0.29, 0.717) is 35.0 Å². The summed E-state index contributed by atoms with van der Waals surface area (Å²) in [6.45, 7) is 1.55. The van der Waals surface area contributed by atoms with Gasteiger partial charge in [-0.25, -0.2) is 8.42 Å². The highest BCUT2D eigenvalue weighted by atomic mass is 32.2. The maximum Gasteiger partial charge on any atom is 0.254 e. The molecule has 0 spiro atoms. The molecule has 2 N–H and O–H groups in total. The first-order valence-corrected chi connectivity index (χ1v) is 13.3. The molecule has 2 fully saturated rings. The van der Waals surface area contributed by atoms with Gasteiger partial charge in [0.1, 0.15) is 11.8 Å². The third kappa shape index (κ3) is 5.04. The van der Waals surface area contributed by atoms with Gasteiger partial charge in [-0.15, -0.1) is 0 Å². The number of anilines is 2. The van der Waals surface area contributed by atoms with Crippen LogP contribution in [0.1, 0.15) is 49.4 Å². The molecule has 34 heavy (non-hydrogen) atoms. The van der Waals surface area contributed by atoms with Crippen LogP contribution in [0, 0.1) is 5.92 Å². The lowest BCUT2D eigenvalue weighted by molar-refractivity contribution is -0.120. The van der Waals surface area contributed by atoms with Crippen molar-refractivity contribution in [3.05, 3.63) is 54.1 Å². The fourth-order valence-corrected chi connectivity index (χ4v) is 5.68. The summed E-state index contributed by atoms with van der Waals surface area (Å²) >= 11 is 0. The van der Waals surface area contributed by atoms with E-state index in [2.05, 4.69) is 10.0 Å². The molecule has 3 atom stereocenters. The molecule has 9 heteroatoms. The first kappa shape index (κ1) is 24.1. The van der Waals surface area contributed by atoms with Crippen molar-refractivity contribution in [3.8, 4) is 5.75 Å². The van der Waals surface area contributed by atoms with E-state index in [4.69, 9.17) is 4.74 Å². The van der Waals surface area contributed by atoms with Crippen LogP contribution in [0.2, 0.25) is 0 Å². The highest BCUT2D eigenvalue weighted by molar-refractivity contribution is 7.92. The van der Waals surface area contributed by atoms with Gasteiger partial charge in [-0.05, 0) is 56.4 Å². The van der Waals surface area contributed by atoms with Crippen LogP contribution in [0.25, 0.3) is 0 Å². The Bertz CT molecular complexity index is 1150. The Morgan fingerprint density at radius 1 is 1.09 bits per heavy atom. The summed E-state index contributed by atoms with van der Waals surface area (Å²) in [6, 6.07) is 13.4. The van der Waals surface area contributed by atoms with Gasteiger partial charge in [-0.3, -0.25) is 14.3 Å². The highest BCUT2D eigenvalue weighted by Crippen LogP contribution is 2.41. The number of likely N-dealkylation sites (tertiary alicyclic amines) is 1. The molecule has 2 aromatic carbocycles. The van der Waals surface area contributed by atoms with E-state index in [-0.39, 0.29) is 23.6 Å². The van der Waals surface area contributed by atoms with Crippen molar-refractivity contribution in [1.29, 1.82) is 0 Å². The second-order valence-electron chi connectivity index (χ2n) is 8.85. The lowest BCUT2D eigenvalue weighted by Gasteiger charge is -2.33. The van der Waals surface area contributed by atoms with Crippen LogP contribution >= 0.6 is 0 Å². The van der Waals surface area contributed by atoms with E-state index >= 15 is 0 Å². The van der Waals surface area contributed by atoms with E-state index in [9.17, 15) is 18.0 Å². The summed E-state index contributed by atoms with van der Waals surface area (Å²) in [6.07, 6.45) is 4.75. The summed E-state index contributed by atoms with van der Waals surface area (Å²) in [5.74, 6) is 0.188. The van der Waals surface area contributed by atoms with Crippen molar-refractivity contribution in [2.75, 3.05) is 22.9 Å². The molecule has 1 aliphatic heterocycles. The van der Waals surface area contributed by atoms with Gasteiger partial charge in [0.25, 0.3) is 5.91 Å². The number of benzene rings is 2. The van der Waals surface area contributed by atoms with Crippen LogP contribution in [0.4, 0.5) is 11.4 Å². The topological polar surface area (TPSA) is 105 Å². The van der Waals surface area contributed by atoms with Crippen LogP contribution in [0.5, 0.6) is 5.75 Å². The molecule has 1 saturated heterocycles. The largest absolute Gasteiger partial charge is 0.494 e. The number of hydrogen-bond acceptors (Lipinski definition) is 5. The molecular formula is C25H31N3O5S. The second-order valence-corrected chi connectivity index (χ2v) is 10.9. The molecule has 2 aliphatic rings. The third-order valence-corrected chi connectivity index (χ3v) is 8.05. The van der Waals surface area contributed by atoms with E-state index < -0.39 is 16.1 Å². The lowest BCUT2D eigenvalue weighted by Crippen LogP contribution is -2.47. The average molecular weight is 486 g/mol. The quantitative estimate of drug-likeness (QED) is 0.620. The summed E-state index contributed by atoms with van der Waals surface area (Å²) < 4.78 is 31.7. The molecule has 0 aromatic heterocycles. The molecule has 2 amide bonds. The number of fused-ring (bicyclic) bond motifs is 1. The number of rotatable bonds is 7. The van der Waals surface area contributed by atoms with Gasteiger partial charge in [-0.2, -0.15) is 0 Å². The molecule has 0 radical (unpaired) electrons. The Labute approximate surface area is 200 Å². The van der Waals surface area contributed by atoms with E-state index in [1.165, 1.54) is 7.11 Å². The molecule has 8 nitrogen and oxygen atoms in total. The zero-order valence-electron chi connectivity index (χ0n) is 19.5. The zero-order valence-corrected chi connectivity index (χ0v) is 20.3. The van der Waals surface area contributed by atoms with Gasteiger partial charge in [0, 0.05) is 23.4 Å². The molecule has 2 aromatic rings. The number of amides is 2. The fourth-order valence-electron chi connectivity index (χ4n) is 5.03. The van der Waals surface area contributed by atoms with E-state index in [1.54, 1.807) is 42.2 Å². The smallest absolute Gasteiger partial charge is 0.254 e. The average Bonchev–Trinajstić information content (AvgIpc) is 3.24. The Morgan fingerprint density at radius 2 is 1.82 bits per heavy atom. The van der Waals surface area contributed by atoms with Gasteiger partial charge in [-0.1, -0.05) is 31.0 Å². The number of hydrogen-bond donors (Lipinski definition) is 2. The lowest BCUT2D eigenvalue weighted by atomic mass is 9.84. The zero-order chi connectivity index (χ0) is 24.3. The summed E-state index contributed by atoms with van der Waals surface area (Å²) in [4.78, 5) is 28.6. The number of ether oxygens (including phenoxy) is 1. The van der Waals surface area contributed by atoms with Crippen molar-refractivity contribution in [2.45, 2.75) is 51.1 Å². The summed E-state index contributed by atoms with van der Waals surface area (Å²) in [5.41, 5.74) is 1.36. The number of carbonyl (C=O) groups excluding carboxylic acids is 2. The monoisotopic (exact) mass is 485 g/mol. The highest BCUT2D eigenvalue weighted by Gasteiger charge is 2.47. The number of carbonyl (C=O) groups is 2. The van der Waals surface area contributed by atoms with Crippen molar-refractivity contribution in [1.82, 2.24) is 4.90 Å². The summed E-state index contributed by atoms with van der Waals surface area (Å²) in [5, 5.41) is 2.92. The number of nitrogens with one attached hydrogen (secondary N) is 2. The van der Waals surface area contributed by atoms with Crippen LogP contribution in [-0.4, -0.2) is 50.1 Å². The van der Waals surface area contributed by atoms with Crippen molar-refractivity contribution in [3.63, 3.8) is 0 Å². The minimum absolute atomic E-state index is 0.0655. The SMILES string of the molecule is CCS(=O)(=O)Nc1ccc(NC(=O)C2CC3CCCCC3N2C(=O)c2ccccc2)cc1OC. The fraction of sp³-hybridized carbons (Fsp3) is 0.440. The molecule has 1 aliphatic carbocycles. The molecule has 4 rings (SSSR count). The maximum absolute atomic E-state index is 13.4. The van der Waals surface area contributed by atoms with Gasteiger partial charge < -0.3 is 15.0 Å². The van der Waals surface area contributed by atoms with Crippen molar-refractivity contribution >= 4 is 33.2 Å². The number of sulfonamides is 1. The number of methoxy groups -OCH3 is 1. The molecular weight excluding hydrogens is 454 g/mol. The van der Waals surface area contributed by atoms with Gasteiger partial charge >= 0.3 is 0 Å². The van der Waals surface area contributed by atoms with Crippen LogP contribution in [0.3, 0.4) is 0 Å².